The summed E-state index contributed by atoms with van der Waals surface area (Å²) in [4.78, 5) is 19.8. The summed E-state index contributed by atoms with van der Waals surface area (Å²) in [6, 6.07) is 0. The molecule has 18 heavy (non-hydrogen) atoms. The van der Waals surface area contributed by atoms with E-state index in [1.807, 2.05) is 11.8 Å². The molecule has 0 radical (unpaired) electrons. The van der Waals surface area contributed by atoms with Gasteiger partial charge in [-0.05, 0) is 26.2 Å². The van der Waals surface area contributed by atoms with Crippen molar-refractivity contribution in [3.63, 3.8) is 0 Å². The molecule has 0 atom stereocenters. The van der Waals surface area contributed by atoms with Crippen LogP contribution in [0.2, 0.25) is 0 Å². The molecule has 1 amide bonds. The number of rotatable bonds is 3. The quantitative estimate of drug-likeness (QED) is 0.840. The molecule has 2 aliphatic rings. The molecule has 1 spiro atoms. The van der Waals surface area contributed by atoms with Crippen LogP contribution in [-0.4, -0.2) is 41.1 Å². The van der Waals surface area contributed by atoms with Crippen LogP contribution in [0.5, 0.6) is 0 Å². The lowest BCUT2D eigenvalue weighted by atomic mass is 9.82. The molecule has 0 unspecified atom stereocenters. The van der Waals surface area contributed by atoms with Crippen molar-refractivity contribution >= 4 is 17.2 Å². The van der Waals surface area contributed by atoms with Gasteiger partial charge in [-0.2, -0.15) is 0 Å². The molecule has 4 nitrogen and oxygen atoms in total. The van der Waals surface area contributed by atoms with Gasteiger partial charge in [0.15, 0.2) is 0 Å². The number of nitrogens with zero attached hydrogens (tertiary/aromatic N) is 2. The predicted molar refractivity (Wildman–Crippen MR) is 70.0 cm³/mol. The molecule has 3 rings (SSSR count). The van der Waals surface area contributed by atoms with E-state index in [0.717, 1.165) is 41.4 Å². The Hall–Kier alpha value is -0.940. The van der Waals surface area contributed by atoms with Crippen molar-refractivity contribution in [1.29, 1.82) is 0 Å². The maximum Gasteiger partial charge on any atom is 0.266 e. The van der Waals surface area contributed by atoms with Gasteiger partial charge in [0.25, 0.3) is 5.91 Å². The number of aryl methyl sites for hydroxylation is 2. The largest absolute Gasteiger partial charge is 0.376 e. The minimum absolute atomic E-state index is 0.0262. The van der Waals surface area contributed by atoms with Gasteiger partial charge < -0.3 is 9.64 Å². The first-order valence-corrected chi connectivity index (χ1v) is 7.34. The second kappa shape index (κ2) is 4.31. The van der Waals surface area contributed by atoms with E-state index in [1.54, 1.807) is 11.3 Å². The molecule has 0 saturated carbocycles. The normalized spacial score (nSPS) is 20.7. The Morgan fingerprint density at radius 2 is 2.33 bits per heavy atom. The summed E-state index contributed by atoms with van der Waals surface area (Å²) in [5, 5.41) is 1.08. The molecule has 1 aromatic rings. The highest BCUT2D eigenvalue weighted by Crippen LogP contribution is 2.39. The average Bonchev–Trinajstić information content (AvgIpc) is 2.56. The molecule has 1 aromatic heterocycles. The van der Waals surface area contributed by atoms with Crippen molar-refractivity contribution in [2.45, 2.75) is 38.6 Å². The summed E-state index contributed by atoms with van der Waals surface area (Å²) in [5.41, 5.74) is 0.911. The molecular formula is C13H18N2O2S. The number of amides is 1. The molecule has 2 aliphatic heterocycles. The summed E-state index contributed by atoms with van der Waals surface area (Å²) in [7, 11) is 0. The van der Waals surface area contributed by atoms with Crippen LogP contribution in [0.25, 0.3) is 0 Å². The lowest BCUT2D eigenvalue weighted by Crippen LogP contribution is -2.72. The smallest absolute Gasteiger partial charge is 0.266 e. The van der Waals surface area contributed by atoms with Crippen LogP contribution in [0.15, 0.2) is 0 Å². The lowest BCUT2D eigenvalue weighted by molar-refractivity contribution is -0.172. The first-order valence-electron chi connectivity index (χ1n) is 6.52. The van der Waals surface area contributed by atoms with Gasteiger partial charge in [0, 0.05) is 6.54 Å². The Morgan fingerprint density at radius 3 is 2.83 bits per heavy atom. The van der Waals surface area contributed by atoms with Crippen LogP contribution >= 0.6 is 11.3 Å². The molecule has 0 aliphatic carbocycles. The third kappa shape index (κ3) is 1.68. The van der Waals surface area contributed by atoms with Crippen LogP contribution in [0.1, 0.15) is 40.1 Å². The predicted octanol–water partition coefficient (Wildman–Crippen LogP) is 2.02. The number of ether oxygens (including phenoxy) is 1. The number of likely N-dealkylation sites (tertiary alicyclic amines) is 1. The first kappa shape index (κ1) is 12.1. The number of carbonyl (C=O) groups is 1. The SMILES string of the molecule is CCCc1nc(C)c(C(=O)N2CCC23COC3)s1. The Balaban J connectivity index is 1.79. The lowest BCUT2D eigenvalue weighted by Gasteiger charge is -2.57. The minimum Gasteiger partial charge on any atom is -0.376 e. The van der Waals surface area contributed by atoms with Gasteiger partial charge in [-0.1, -0.05) is 6.92 Å². The zero-order valence-corrected chi connectivity index (χ0v) is 11.7. The number of carbonyl (C=O) groups excluding carboxylic acids is 1. The Labute approximate surface area is 111 Å². The van der Waals surface area contributed by atoms with E-state index in [9.17, 15) is 4.79 Å². The second-order valence-electron chi connectivity index (χ2n) is 5.20. The van der Waals surface area contributed by atoms with Crippen molar-refractivity contribution in [3.05, 3.63) is 15.6 Å². The van der Waals surface area contributed by atoms with Gasteiger partial charge in [-0.15, -0.1) is 11.3 Å². The zero-order chi connectivity index (χ0) is 12.8. The Bertz CT molecular complexity index is 474. The molecule has 0 aromatic carbocycles. The average molecular weight is 266 g/mol. The van der Waals surface area contributed by atoms with Gasteiger partial charge in [-0.25, -0.2) is 4.98 Å². The number of aromatic nitrogens is 1. The summed E-state index contributed by atoms with van der Waals surface area (Å²) < 4.78 is 5.26. The van der Waals surface area contributed by atoms with Crippen molar-refractivity contribution in [1.82, 2.24) is 9.88 Å². The van der Waals surface area contributed by atoms with Crippen molar-refractivity contribution in [2.75, 3.05) is 19.8 Å². The van der Waals surface area contributed by atoms with Crippen LogP contribution < -0.4 is 0 Å². The molecule has 0 bridgehead atoms. The standard InChI is InChI=1S/C13H18N2O2S/c1-3-4-10-14-9(2)11(18-10)12(16)15-6-5-13(15)7-17-8-13/h3-8H2,1-2H3. The fourth-order valence-electron chi connectivity index (χ4n) is 2.59. The van der Waals surface area contributed by atoms with E-state index in [4.69, 9.17) is 4.74 Å². The van der Waals surface area contributed by atoms with Crippen LogP contribution in [0.3, 0.4) is 0 Å². The van der Waals surface area contributed by atoms with Gasteiger partial charge in [0.05, 0.1) is 29.5 Å². The van der Waals surface area contributed by atoms with Gasteiger partial charge in [0.1, 0.15) is 4.88 Å². The van der Waals surface area contributed by atoms with E-state index in [0.29, 0.717) is 13.2 Å². The molecule has 0 N–H and O–H groups in total. The Kier molecular flexibility index (Phi) is 2.90. The van der Waals surface area contributed by atoms with Gasteiger partial charge in [0.2, 0.25) is 0 Å². The summed E-state index contributed by atoms with van der Waals surface area (Å²) >= 11 is 1.56. The van der Waals surface area contributed by atoms with Crippen molar-refractivity contribution in [3.8, 4) is 0 Å². The van der Waals surface area contributed by atoms with Crippen molar-refractivity contribution in [2.24, 2.45) is 0 Å². The maximum atomic E-state index is 12.5. The number of hydrogen-bond donors (Lipinski definition) is 0. The van der Waals surface area contributed by atoms with Crippen LogP contribution in [0, 0.1) is 6.92 Å². The van der Waals surface area contributed by atoms with Gasteiger partial charge in [-0.3, -0.25) is 4.79 Å². The summed E-state index contributed by atoms with van der Waals surface area (Å²) in [6.45, 7) is 6.35. The van der Waals surface area contributed by atoms with Crippen LogP contribution in [-0.2, 0) is 11.2 Å². The fraction of sp³-hybridized carbons (Fsp3) is 0.692. The monoisotopic (exact) mass is 266 g/mol. The third-order valence-corrected chi connectivity index (χ3v) is 5.06. The molecule has 98 valence electrons. The van der Waals surface area contributed by atoms with Gasteiger partial charge >= 0.3 is 0 Å². The topological polar surface area (TPSA) is 42.4 Å². The molecule has 2 saturated heterocycles. The summed E-state index contributed by atoms with van der Waals surface area (Å²) in [6.07, 6.45) is 3.12. The molecule has 5 heteroatoms. The number of thiazole rings is 1. The van der Waals surface area contributed by atoms with E-state index in [1.165, 1.54) is 0 Å². The zero-order valence-electron chi connectivity index (χ0n) is 10.9. The minimum atomic E-state index is 0.0262. The highest BCUT2D eigenvalue weighted by Gasteiger charge is 2.53. The van der Waals surface area contributed by atoms with E-state index in [2.05, 4.69) is 11.9 Å². The molecule has 2 fully saturated rings. The molecular weight excluding hydrogens is 248 g/mol. The van der Waals surface area contributed by atoms with E-state index < -0.39 is 0 Å². The summed E-state index contributed by atoms with van der Waals surface area (Å²) in [5.74, 6) is 0.155. The highest BCUT2D eigenvalue weighted by atomic mass is 32.1. The van der Waals surface area contributed by atoms with E-state index >= 15 is 0 Å². The Morgan fingerprint density at radius 1 is 1.56 bits per heavy atom. The van der Waals surface area contributed by atoms with Crippen molar-refractivity contribution < 1.29 is 9.53 Å². The third-order valence-electron chi connectivity index (χ3n) is 3.86. The molecule has 3 heterocycles. The second-order valence-corrected chi connectivity index (χ2v) is 6.28. The number of hydrogen-bond acceptors (Lipinski definition) is 4. The van der Waals surface area contributed by atoms with E-state index in [-0.39, 0.29) is 11.4 Å². The van der Waals surface area contributed by atoms with Crippen LogP contribution in [0.4, 0.5) is 0 Å². The fourth-order valence-corrected chi connectivity index (χ4v) is 3.70. The maximum absolute atomic E-state index is 12.5. The first-order chi connectivity index (χ1) is 8.66. The highest BCUT2D eigenvalue weighted by molar-refractivity contribution is 7.13.